The van der Waals surface area contributed by atoms with Crippen molar-refractivity contribution in [3.8, 4) is 5.75 Å². The molecule has 0 atom stereocenters. The summed E-state index contributed by atoms with van der Waals surface area (Å²) in [5, 5.41) is 0.936. The second-order valence-corrected chi connectivity index (χ2v) is 4.26. The number of ether oxygens (including phenoxy) is 1. The number of hydrogen-bond acceptors (Lipinski definition) is 4. The fourth-order valence-corrected chi connectivity index (χ4v) is 1.24. The van der Waals surface area contributed by atoms with Gasteiger partial charge in [0, 0.05) is 11.8 Å². The minimum Gasteiger partial charge on any atom is -0.460 e. The lowest BCUT2D eigenvalue weighted by atomic mass is 10.2. The van der Waals surface area contributed by atoms with Gasteiger partial charge >= 0.3 is 5.97 Å². The maximum Gasteiger partial charge on any atom is 0.311 e. The average Bonchev–Trinajstić information content (AvgIpc) is 2.77. The van der Waals surface area contributed by atoms with Gasteiger partial charge in [-0.15, -0.1) is 0 Å². The number of esters is 1. The van der Waals surface area contributed by atoms with Crippen LogP contribution in [0.3, 0.4) is 0 Å². The van der Waals surface area contributed by atoms with Crippen LogP contribution in [0.2, 0.25) is 0 Å². The standard InChI is InChI=1S/C11H10O3.C3H9N/c1-2-10(12)14-9-5-3-4-8-6-7-13-11(8)9;1-4(2)3/h3-7H,2H2,1H3;1-3H3. The fourth-order valence-electron chi connectivity index (χ4n) is 1.24. The first kappa shape index (κ1) is 14.3. The van der Waals surface area contributed by atoms with Crippen LogP contribution in [0, 0.1) is 0 Å². The molecule has 0 radical (unpaired) electrons. The molecule has 0 spiro atoms. The van der Waals surface area contributed by atoms with E-state index in [0.717, 1.165) is 5.39 Å². The van der Waals surface area contributed by atoms with E-state index in [1.807, 2.05) is 44.2 Å². The van der Waals surface area contributed by atoms with Gasteiger partial charge in [-0.2, -0.15) is 0 Å². The third-order valence-corrected chi connectivity index (χ3v) is 1.96. The molecule has 0 fully saturated rings. The first-order valence-electron chi connectivity index (χ1n) is 5.82. The minimum absolute atomic E-state index is 0.256. The van der Waals surface area contributed by atoms with Gasteiger partial charge in [-0.1, -0.05) is 19.1 Å². The number of fused-ring (bicyclic) bond motifs is 1. The number of nitrogens with zero attached hydrogens (tertiary/aromatic N) is 1. The summed E-state index contributed by atoms with van der Waals surface area (Å²) in [4.78, 5) is 13.1. The SMILES string of the molecule is CCC(=O)Oc1cccc2ccoc12.CN(C)C. The largest absolute Gasteiger partial charge is 0.460 e. The van der Waals surface area contributed by atoms with E-state index in [1.165, 1.54) is 0 Å². The van der Waals surface area contributed by atoms with Gasteiger partial charge in [-0.3, -0.25) is 4.79 Å². The first-order chi connectivity index (χ1) is 8.54. The number of carbonyl (C=O) groups excluding carboxylic acids is 1. The molecule has 98 valence electrons. The van der Waals surface area contributed by atoms with Crippen LogP contribution >= 0.6 is 0 Å². The molecule has 0 aliphatic carbocycles. The molecular weight excluding hydrogens is 230 g/mol. The van der Waals surface area contributed by atoms with Crippen LogP contribution in [-0.4, -0.2) is 32.0 Å². The van der Waals surface area contributed by atoms with E-state index in [1.54, 1.807) is 19.3 Å². The predicted octanol–water partition coefficient (Wildman–Crippen LogP) is 2.93. The zero-order valence-corrected chi connectivity index (χ0v) is 11.3. The predicted molar refractivity (Wildman–Crippen MR) is 71.8 cm³/mol. The molecule has 0 aliphatic rings. The van der Waals surface area contributed by atoms with E-state index in [2.05, 4.69) is 0 Å². The normalized spacial score (nSPS) is 10.1. The van der Waals surface area contributed by atoms with Crippen molar-refractivity contribution >= 4 is 16.9 Å². The van der Waals surface area contributed by atoms with Crippen molar-refractivity contribution in [3.63, 3.8) is 0 Å². The van der Waals surface area contributed by atoms with Crippen molar-refractivity contribution in [2.24, 2.45) is 0 Å². The molecule has 2 aromatic rings. The monoisotopic (exact) mass is 249 g/mol. The average molecular weight is 249 g/mol. The Bertz CT molecular complexity index is 500. The van der Waals surface area contributed by atoms with E-state index in [0.29, 0.717) is 17.8 Å². The summed E-state index contributed by atoms with van der Waals surface area (Å²) in [7, 11) is 6.00. The maximum absolute atomic E-state index is 11.1. The van der Waals surface area contributed by atoms with Gasteiger partial charge in [-0.25, -0.2) is 0 Å². The van der Waals surface area contributed by atoms with E-state index >= 15 is 0 Å². The molecule has 18 heavy (non-hydrogen) atoms. The lowest BCUT2D eigenvalue weighted by Gasteiger charge is -2.02. The highest BCUT2D eigenvalue weighted by Crippen LogP contribution is 2.26. The summed E-state index contributed by atoms with van der Waals surface area (Å²) in [5.74, 6) is 0.230. The summed E-state index contributed by atoms with van der Waals surface area (Å²) in [6.45, 7) is 1.75. The number of rotatable bonds is 2. The van der Waals surface area contributed by atoms with Gasteiger partial charge in [0.25, 0.3) is 0 Å². The molecule has 4 heteroatoms. The molecule has 1 aromatic carbocycles. The van der Waals surface area contributed by atoms with Gasteiger partial charge in [0.05, 0.1) is 6.26 Å². The second kappa shape index (κ2) is 6.81. The quantitative estimate of drug-likeness (QED) is 0.606. The van der Waals surface area contributed by atoms with Gasteiger partial charge in [0.15, 0.2) is 11.3 Å². The summed E-state index contributed by atoms with van der Waals surface area (Å²) in [6, 6.07) is 7.29. The third kappa shape index (κ3) is 4.22. The second-order valence-electron chi connectivity index (χ2n) is 4.26. The molecule has 0 saturated carbocycles. The van der Waals surface area contributed by atoms with Gasteiger partial charge in [0.1, 0.15) is 0 Å². The van der Waals surface area contributed by atoms with Crippen LogP contribution in [0.5, 0.6) is 5.75 Å². The Hall–Kier alpha value is -1.81. The summed E-state index contributed by atoms with van der Waals surface area (Å²) >= 11 is 0. The number of para-hydroxylation sites is 1. The molecule has 0 saturated heterocycles. The highest BCUT2D eigenvalue weighted by atomic mass is 16.5. The van der Waals surface area contributed by atoms with Crippen LogP contribution in [0.15, 0.2) is 34.9 Å². The number of furan rings is 1. The lowest BCUT2D eigenvalue weighted by Crippen LogP contribution is -2.05. The van der Waals surface area contributed by atoms with Crippen LogP contribution in [0.4, 0.5) is 0 Å². The van der Waals surface area contributed by atoms with Gasteiger partial charge in [0.2, 0.25) is 0 Å². The number of benzene rings is 1. The van der Waals surface area contributed by atoms with E-state index in [-0.39, 0.29) is 5.97 Å². The van der Waals surface area contributed by atoms with Crippen LogP contribution in [0.1, 0.15) is 13.3 Å². The number of hydrogen-bond donors (Lipinski definition) is 0. The molecule has 0 unspecified atom stereocenters. The van der Waals surface area contributed by atoms with Gasteiger partial charge in [-0.05, 0) is 33.3 Å². The van der Waals surface area contributed by atoms with E-state index in [9.17, 15) is 4.79 Å². The smallest absolute Gasteiger partial charge is 0.311 e. The topological polar surface area (TPSA) is 42.7 Å². The van der Waals surface area contributed by atoms with Crippen molar-refractivity contribution in [1.29, 1.82) is 0 Å². The molecular formula is C14H19NO3. The van der Waals surface area contributed by atoms with Crippen LogP contribution in [0.25, 0.3) is 11.0 Å². The maximum atomic E-state index is 11.1. The summed E-state index contributed by atoms with van der Waals surface area (Å²) in [5.41, 5.74) is 0.620. The molecule has 0 aliphatic heterocycles. The van der Waals surface area contributed by atoms with Crippen LogP contribution in [-0.2, 0) is 4.79 Å². The Labute approximate surface area is 107 Å². The molecule has 1 aromatic heterocycles. The van der Waals surface area contributed by atoms with E-state index in [4.69, 9.17) is 9.15 Å². The van der Waals surface area contributed by atoms with Crippen molar-refractivity contribution in [1.82, 2.24) is 4.90 Å². The van der Waals surface area contributed by atoms with Crippen molar-refractivity contribution in [3.05, 3.63) is 30.5 Å². The van der Waals surface area contributed by atoms with Crippen molar-refractivity contribution in [2.45, 2.75) is 13.3 Å². The minimum atomic E-state index is -0.256. The Morgan fingerprint density at radius 1 is 1.28 bits per heavy atom. The highest BCUT2D eigenvalue weighted by molar-refractivity contribution is 5.85. The molecule has 0 amide bonds. The first-order valence-corrected chi connectivity index (χ1v) is 5.82. The highest BCUT2D eigenvalue weighted by Gasteiger charge is 2.07. The molecule has 4 nitrogen and oxygen atoms in total. The molecule has 1 heterocycles. The van der Waals surface area contributed by atoms with Crippen LogP contribution < -0.4 is 4.74 Å². The van der Waals surface area contributed by atoms with Gasteiger partial charge < -0.3 is 14.1 Å². The van der Waals surface area contributed by atoms with Crippen molar-refractivity contribution < 1.29 is 13.9 Å². The Morgan fingerprint density at radius 3 is 2.56 bits per heavy atom. The third-order valence-electron chi connectivity index (χ3n) is 1.96. The fraction of sp³-hybridized carbons (Fsp3) is 0.357. The molecule has 0 N–H and O–H groups in total. The zero-order valence-electron chi connectivity index (χ0n) is 11.3. The Balaban J connectivity index is 0.000000357. The summed E-state index contributed by atoms with van der Waals surface area (Å²) < 4.78 is 10.3. The Kier molecular flexibility index (Phi) is 5.39. The van der Waals surface area contributed by atoms with E-state index < -0.39 is 0 Å². The summed E-state index contributed by atoms with van der Waals surface area (Å²) in [6.07, 6.45) is 1.94. The Morgan fingerprint density at radius 2 is 1.94 bits per heavy atom. The zero-order chi connectivity index (χ0) is 13.5. The lowest BCUT2D eigenvalue weighted by molar-refractivity contribution is -0.133. The molecule has 0 bridgehead atoms. The van der Waals surface area contributed by atoms with Crippen molar-refractivity contribution in [2.75, 3.05) is 21.1 Å². The number of carbonyl (C=O) groups is 1. The molecule has 2 rings (SSSR count).